The SMILES string of the molecule is COC(=O)[C@@H](Cc1ccccc1)C1CCCC1. The third-order valence-electron chi connectivity index (χ3n) is 3.77. The fourth-order valence-corrected chi connectivity index (χ4v) is 2.82. The molecule has 1 aromatic carbocycles. The van der Waals surface area contributed by atoms with Crippen molar-refractivity contribution in [3.63, 3.8) is 0 Å². The van der Waals surface area contributed by atoms with E-state index in [4.69, 9.17) is 4.74 Å². The Morgan fingerprint density at radius 1 is 1.29 bits per heavy atom. The zero-order valence-electron chi connectivity index (χ0n) is 10.4. The van der Waals surface area contributed by atoms with Gasteiger partial charge in [-0.15, -0.1) is 0 Å². The Morgan fingerprint density at radius 2 is 1.94 bits per heavy atom. The lowest BCUT2D eigenvalue weighted by molar-refractivity contribution is -0.147. The normalized spacial score (nSPS) is 17.9. The first-order chi connectivity index (χ1) is 8.31. The van der Waals surface area contributed by atoms with E-state index in [1.807, 2.05) is 18.2 Å². The molecule has 17 heavy (non-hydrogen) atoms. The average Bonchev–Trinajstić information content (AvgIpc) is 2.90. The topological polar surface area (TPSA) is 26.3 Å². The highest BCUT2D eigenvalue weighted by Crippen LogP contribution is 2.33. The fraction of sp³-hybridized carbons (Fsp3) is 0.533. The summed E-state index contributed by atoms with van der Waals surface area (Å²) in [4.78, 5) is 11.9. The maximum Gasteiger partial charge on any atom is 0.309 e. The van der Waals surface area contributed by atoms with Crippen LogP contribution in [0.1, 0.15) is 31.2 Å². The molecule has 0 saturated heterocycles. The van der Waals surface area contributed by atoms with Crippen molar-refractivity contribution >= 4 is 5.97 Å². The van der Waals surface area contributed by atoms with E-state index in [1.165, 1.54) is 38.4 Å². The summed E-state index contributed by atoms with van der Waals surface area (Å²) in [5.41, 5.74) is 1.23. The monoisotopic (exact) mass is 232 g/mol. The summed E-state index contributed by atoms with van der Waals surface area (Å²) in [7, 11) is 1.50. The molecule has 2 nitrogen and oxygen atoms in total. The van der Waals surface area contributed by atoms with Crippen molar-refractivity contribution < 1.29 is 9.53 Å². The van der Waals surface area contributed by atoms with Gasteiger partial charge in [-0.2, -0.15) is 0 Å². The predicted molar refractivity (Wildman–Crippen MR) is 67.6 cm³/mol. The van der Waals surface area contributed by atoms with Crippen molar-refractivity contribution in [3.05, 3.63) is 35.9 Å². The summed E-state index contributed by atoms with van der Waals surface area (Å²) in [5.74, 6) is 0.522. The second-order valence-electron chi connectivity index (χ2n) is 4.86. The Balaban J connectivity index is 2.07. The largest absolute Gasteiger partial charge is 0.469 e. The van der Waals surface area contributed by atoms with Crippen LogP contribution in [0.5, 0.6) is 0 Å². The van der Waals surface area contributed by atoms with Gasteiger partial charge in [-0.1, -0.05) is 43.2 Å². The molecule has 1 aliphatic rings. The van der Waals surface area contributed by atoms with Crippen LogP contribution in [0.2, 0.25) is 0 Å². The minimum Gasteiger partial charge on any atom is -0.469 e. The van der Waals surface area contributed by atoms with Gasteiger partial charge < -0.3 is 4.74 Å². The Kier molecular flexibility index (Phi) is 4.18. The van der Waals surface area contributed by atoms with Crippen LogP contribution in [-0.4, -0.2) is 13.1 Å². The number of esters is 1. The molecule has 2 heteroatoms. The molecule has 0 spiro atoms. The van der Waals surface area contributed by atoms with Crippen LogP contribution in [0, 0.1) is 11.8 Å². The second-order valence-corrected chi connectivity index (χ2v) is 4.86. The highest BCUT2D eigenvalue weighted by Gasteiger charge is 2.31. The molecule has 1 fully saturated rings. The molecule has 92 valence electrons. The van der Waals surface area contributed by atoms with Gasteiger partial charge in [0, 0.05) is 0 Å². The molecule has 0 aliphatic heterocycles. The van der Waals surface area contributed by atoms with Gasteiger partial charge in [0.25, 0.3) is 0 Å². The van der Waals surface area contributed by atoms with E-state index in [0.717, 1.165) is 6.42 Å². The lowest BCUT2D eigenvalue weighted by atomic mass is 9.85. The van der Waals surface area contributed by atoms with Crippen molar-refractivity contribution in [1.82, 2.24) is 0 Å². The fourth-order valence-electron chi connectivity index (χ4n) is 2.82. The van der Waals surface area contributed by atoms with Gasteiger partial charge in [-0.25, -0.2) is 0 Å². The van der Waals surface area contributed by atoms with E-state index < -0.39 is 0 Å². The van der Waals surface area contributed by atoms with Crippen LogP contribution >= 0.6 is 0 Å². The Labute approximate surface area is 103 Å². The van der Waals surface area contributed by atoms with Crippen molar-refractivity contribution in [2.24, 2.45) is 11.8 Å². The van der Waals surface area contributed by atoms with Crippen molar-refractivity contribution in [2.45, 2.75) is 32.1 Å². The molecular weight excluding hydrogens is 212 g/mol. The molecule has 1 aromatic rings. The van der Waals surface area contributed by atoms with E-state index in [9.17, 15) is 4.79 Å². The van der Waals surface area contributed by atoms with Gasteiger partial charge in [0.1, 0.15) is 0 Å². The maximum atomic E-state index is 11.9. The lowest BCUT2D eigenvalue weighted by Crippen LogP contribution is -2.25. The summed E-state index contributed by atoms with van der Waals surface area (Å²) in [6.07, 6.45) is 5.68. The summed E-state index contributed by atoms with van der Waals surface area (Å²) in [5, 5.41) is 0. The molecule has 0 unspecified atom stereocenters. The molecule has 0 N–H and O–H groups in total. The molecule has 0 radical (unpaired) electrons. The summed E-state index contributed by atoms with van der Waals surface area (Å²) in [6, 6.07) is 10.2. The third kappa shape index (κ3) is 3.09. The molecule has 1 aliphatic carbocycles. The minimum atomic E-state index is -0.0410. The van der Waals surface area contributed by atoms with Crippen LogP contribution in [0.3, 0.4) is 0 Å². The Hall–Kier alpha value is -1.31. The highest BCUT2D eigenvalue weighted by molar-refractivity contribution is 5.73. The number of methoxy groups -OCH3 is 1. The van der Waals surface area contributed by atoms with Gasteiger partial charge in [0.15, 0.2) is 0 Å². The average molecular weight is 232 g/mol. The molecule has 0 heterocycles. The van der Waals surface area contributed by atoms with Crippen LogP contribution < -0.4 is 0 Å². The molecule has 0 bridgehead atoms. The summed E-state index contributed by atoms with van der Waals surface area (Å²) >= 11 is 0. The van der Waals surface area contributed by atoms with E-state index in [0.29, 0.717) is 5.92 Å². The van der Waals surface area contributed by atoms with Gasteiger partial charge in [-0.3, -0.25) is 4.79 Å². The lowest BCUT2D eigenvalue weighted by Gasteiger charge is -2.20. The van der Waals surface area contributed by atoms with Crippen LogP contribution in [-0.2, 0) is 16.0 Å². The predicted octanol–water partition coefficient (Wildman–Crippen LogP) is 3.21. The van der Waals surface area contributed by atoms with E-state index in [2.05, 4.69) is 12.1 Å². The smallest absolute Gasteiger partial charge is 0.309 e. The number of rotatable bonds is 4. The Morgan fingerprint density at radius 3 is 2.53 bits per heavy atom. The van der Waals surface area contributed by atoms with E-state index in [1.54, 1.807) is 0 Å². The number of hydrogen-bond donors (Lipinski definition) is 0. The molecule has 2 rings (SSSR count). The molecule has 0 aromatic heterocycles. The minimum absolute atomic E-state index is 0.0410. The quantitative estimate of drug-likeness (QED) is 0.745. The number of benzene rings is 1. The number of hydrogen-bond acceptors (Lipinski definition) is 2. The zero-order chi connectivity index (χ0) is 12.1. The number of ether oxygens (including phenoxy) is 1. The van der Waals surface area contributed by atoms with Gasteiger partial charge in [0.05, 0.1) is 13.0 Å². The van der Waals surface area contributed by atoms with Crippen molar-refractivity contribution in [3.8, 4) is 0 Å². The maximum absolute atomic E-state index is 11.9. The molecular formula is C15H20O2. The van der Waals surface area contributed by atoms with Crippen LogP contribution in [0.15, 0.2) is 30.3 Å². The van der Waals surface area contributed by atoms with Crippen molar-refractivity contribution in [2.75, 3.05) is 7.11 Å². The van der Waals surface area contributed by atoms with Gasteiger partial charge in [0.2, 0.25) is 0 Å². The highest BCUT2D eigenvalue weighted by atomic mass is 16.5. The molecule has 1 atom stereocenters. The van der Waals surface area contributed by atoms with Crippen LogP contribution in [0.25, 0.3) is 0 Å². The standard InChI is InChI=1S/C15H20O2/c1-17-15(16)14(13-9-5-6-10-13)11-12-7-3-2-4-8-12/h2-4,7-8,13-14H,5-6,9-11H2,1H3/t14-/m0/s1. The third-order valence-corrected chi connectivity index (χ3v) is 3.77. The molecule has 1 saturated carbocycles. The van der Waals surface area contributed by atoms with E-state index >= 15 is 0 Å². The number of carbonyl (C=O) groups excluding carboxylic acids is 1. The first-order valence-electron chi connectivity index (χ1n) is 6.43. The van der Waals surface area contributed by atoms with Gasteiger partial charge >= 0.3 is 5.97 Å². The zero-order valence-corrected chi connectivity index (χ0v) is 10.4. The first-order valence-corrected chi connectivity index (χ1v) is 6.43. The van der Waals surface area contributed by atoms with Gasteiger partial charge in [-0.05, 0) is 30.7 Å². The number of carbonyl (C=O) groups is 1. The second kappa shape index (κ2) is 5.85. The molecule has 0 amide bonds. The first kappa shape index (κ1) is 12.2. The summed E-state index contributed by atoms with van der Waals surface area (Å²) < 4.78 is 4.96. The van der Waals surface area contributed by atoms with Crippen LogP contribution in [0.4, 0.5) is 0 Å². The summed E-state index contributed by atoms with van der Waals surface area (Å²) in [6.45, 7) is 0. The van der Waals surface area contributed by atoms with Crippen molar-refractivity contribution in [1.29, 1.82) is 0 Å². The van der Waals surface area contributed by atoms with E-state index in [-0.39, 0.29) is 11.9 Å². The Bertz CT molecular complexity index is 352.